The molecular weight excluding hydrogens is 461 g/mol. The topological polar surface area (TPSA) is 119 Å². The summed E-state index contributed by atoms with van der Waals surface area (Å²) in [6.45, 7) is 9.05. The maximum absolute atomic E-state index is 15.3. The van der Waals surface area contributed by atoms with Crippen LogP contribution >= 0.6 is 0 Å². The molecule has 0 bridgehead atoms. The highest BCUT2D eigenvalue weighted by Crippen LogP contribution is 2.32. The highest BCUT2D eigenvalue weighted by atomic mass is 19.1. The molecule has 1 aromatic carbocycles. The third kappa shape index (κ3) is 5.27. The van der Waals surface area contributed by atoms with Gasteiger partial charge in [0, 0.05) is 44.2 Å². The fourth-order valence-corrected chi connectivity index (χ4v) is 4.24. The van der Waals surface area contributed by atoms with Gasteiger partial charge in [0.25, 0.3) is 0 Å². The number of halogens is 1. The summed E-state index contributed by atoms with van der Waals surface area (Å²) in [4.78, 5) is 34.5. The number of allylic oxidation sites excluding steroid dienone is 1. The van der Waals surface area contributed by atoms with Gasteiger partial charge in [-0.05, 0) is 48.6 Å². The van der Waals surface area contributed by atoms with E-state index in [2.05, 4.69) is 38.1 Å². The SMILES string of the molecule is C=CC(=O)N1CC[C@@H](CC(=C)c2ncnc(N)c2C(=NC)c2ccc(Oc3ncccn3)cc2F)C1. The van der Waals surface area contributed by atoms with Crippen LogP contribution in [0.5, 0.6) is 11.8 Å². The molecule has 3 aromatic rings. The van der Waals surface area contributed by atoms with E-state index in [0.717, 1.165) is 6.42 Å². The van der Waals surface area contributed by atoms with Crippen LogP contribution in [0, 0.1) is 11.7 Å². The van der Waals surface area contributed by atoms with E-state index in [1.54, 1.807) is 30.1 Å². The van der Waals surface area contributed by atoms with E-state index < -0.39 is 5.82 Å². The van der Waals surface area contributed by atoms with Gasteiger partial charge in [-0.2, -0.15) is 0 Å². The average molecular weight is 488 g/mol. The summed E-state index contributed by atoms with van der Waals surface area (Å²) < 4.78 is 20.8. The van der Waals surface area contributed by atoms with Crippen LogP contribution < -0.4 is 10.5 Å². The first-order chi connectivity index (χ1) is 17.4. The van der Waals surface area contributed by atoms with Gasteiger partial charge in [0.1, 0.15) is 23.7 Å². The van der Waals surface area contributed by atoms with Crippen LogP contribution in [0.1, 0.15) is 29.7 Å². The van der Waals surface area contributed by atoms with Gasteiger partial charge in [-0.1, -0.05) is 13.2 Å². The van der Waals surface area contributed by atoms with Gasteiger partial charge < -0.3 is 15.4 Å². The molecule has 9 nitrogen and oxygen atoms in total. The second-order valence-electron chi connectivity index (χ2n) is 8.28. The number of aliphatic imine (C=N–C) groups is 1. The minimum atomic E-state index is -0.571. The molecule has 10 heteroatoms. The minimum absolute atomic E-state index is 0.0859. The first kappa shape index (κ1) is 24.6. The van der Waals surface area contributed by atoms with Crippen molar-refractivity contribution in [2.45, 2.75) is 12.8 Å². The molecule has 0 radical (unpaired) electrons. The van der Waals surface area contributed by atoms with Crippen LogP contribution in [0.2, 0.25) is 0 Å². The normalized spacial score (nSPS) is 15.6. The van der Waals surface area contributed by atoms with Crippen LogP contribution in [-0.2, 0) is 4.79 Å². The molecule has 1 amide bonds. The Morgan fingerprint density at radius 2 is 2.08 bits per heavy atom. The number of aromatic nitrogens is 4. The molecule has 0 saturated carbocycles. The fourth-order valence-electron chi connectivity index (χ4n) is 4.24. The maximum Gasteiger partial charge on any atom is 0.321 e. The van der Waals surface area contributed by atoms with Gasteiger partial charge in [0.15, 0.2) is 0 Å². The number of nitrogens with zero attached hydrogens (tertiary/aromatic N) is 6. The summed E-state index contributed by atoms with van der Waals surface area (Å²) in [6.07, 6.45) is 7.16. The number of carbonyl (C=O) groups is 1. The number of carbonyl (C=O) groups excluding carboxylic acids is 1. The maximum atomic E-state index is 15.3. The van der Waals surface area contributed by atoms with E-state index in [1.807, 2.05) is 0 Å². The van der Waals surface area contributed by atoms with E-state index in [-0.39, 0.29) is 35.0 Å². The van der Waals surface area contributed by atoms with Crippen molar-refractivity contribution in [1.82, 2.24) is 24.8 Å². The van der Waals surface area contributed by atoms with Crippen molar-refractivity contribution in [3.05, 3.63) is 84.9 Å². The highest BCUT2D eigenvalue weighted by molar-refractivity contribution is 6.17. The first-order valence-electron chi connectivity index (χ1n) is 11.3. The molecule has 1 fully saturated rings. The Kier molecular flexibility index (Phi) is 7.43. The largest absolute Gasteiger partial charge is 0.424 e. The summed E-state index contributed by atoms with van der Waals surface area (Å²) in [5.41, 5.74) is 8.35. The van der Waals surface area contributed by atoms with Crippen molar-refractivity contribution < 1.29 is 13.9 Å². The fraction of sp³-hybridized carbons (Fsp3) is 0.231. The number of anilines is 1. The van der Waals surface area contributed by atoms with Gasteiger partial charge in [-0.3, -0.25) is 9.79 Å². The summed E-state index contributed by atoms with van der Waals surface area (Å²) in [5, 5.41) is 0. The summed E-state index contributed by atoms with van der Waals surface area (Å²) in [6, 6.07) is 6.13. The predicted molar refractivity (Wildman–Crippen MR) is 135 cm³/mol. The first-order valence-corrected chi connectivity index (χ1v) is 11.3. The number of amides is 1. The number of likely N-dealkylation sites (tertiary alicyclic amines) is 1. The number of ether oxygens (including phenoxy) is 1. The Balaban J connectivity index is 1.60. The Bertz CT molecular complexity index is 1330. The van der Waals surface area contributed by atoms with Crippen LogP contribution in [0.4, 0.5) is 10.2 Å². The molecule has 2 N–H and O–H groups in total. The lowest BCUT2D eigenvalue weighted by molar-refractivity contribution is -0.125. The molecule has 3 heterocycles. The van der Waals surface area contributed by atoms with Gasteiger partial charge in [0.2, 0.25) is 5.91 Å². The van der Waals surface area contributed by atoms with Gasteiger partial charge in [0.05, 0.1) is 17.0 Å². The van der Waals surface area contributed by atoms with Gasteiger partial charge in [-0.25, -0.2) is 24.3 Å². The van der Waals surface area contributed by atoms with Crippen LogP contribution in [0.25, 0.3) is 5.57 Å². The molecule has 1 aliphatic rings. The molecule has 0 aliphatic carbocycles. The lowest BCUT2D eigenvalue weighted by Gasteiger charge is -2.18. The number of benzene rings is 1. The average Bonchev–Trinajstić information content (AvgIpc) is 3.35. The second-order valence-corrected chi connectivity index (χ2v) is 8.28. The predicted octanol–water partition coefficient (Wildman–Crippen LogP) is 3.69. The molecule has 2 aromatic heterocycles. The number of hydrogen-bond donors (Lipinski definition) is 1. The lowest BCUT2D eigenvalue weighted by atomic mass is 9.92. The van der Waals surface area contributed by atoms with Crippen molar-refractivity contribution in [1.29, 1.82) is 0 Å². The smallest absolute Gasteiger partial charge is 0.321 e. The lowest BCUT2D eigenvalue weighted by Crippen LogP contribution is -2.26. The zero-order chi connectivity index (χ0) is 25.7. The van der Waals surface area contributed by atoms with Crippen molar-refractivity contribution in [2.24, 2.45) is 10.9 Å². The molecule has 1 saturated heterocycles. The van der Waals surface area contributed by atoms with Gasteiger partial charge in [-0.15, -0.1) is 0 Å². The number of nitrogen functional groups attached to an aromatic ring is 1. The zero-order valence-electron chi connectivity index (χ0n) is 19.9. The molecule has 4 rings (SSSR count). The van der Waals surface area contributed by atoms with E-state index in [4.69, 9.17) is 10.5 Å². The van der Waals surface area contributed by atoms with E-state index in [0.29, 0.717) is 42.1 Å². The Morgan fingerprint density at radius 3 is 2.78 bits per heavy atom. The monoisotopic (exact) mass is 487 g/mol. The highest BCUT2D eigenvalue weighted by Gasteiger charge is 2.28. The second kappa shape index (κ2) is 10.9. The molecule has 184 valence electrons. The molecule has 0 spiro atoms. The minimum Gasteiger partial charge on any atom is -0.424 e. The standard InChI is InChI=1S/C26H26FN7O2/c1-4-21(35)34-11-8-17(14-34)12-16(2)23-22(25(28)33-15-32-23)24(29-3)19-7-6-18(13-20(19)27)36-26-30-9-5-10-31-26/h4-7,9-10,13,15,17H,1-2,8,11-12,14H2,3H3,(H2,28,32,33)/t17-/m0/s1. The van der Waals surface area contributed by atoms with Crippen molar-refractivity contribution in [3.8, 4) is 11.8 Å². The Labute approximate surface area is 208 Å². The Morgan fingerprint density at radius 1 is 1.31 bits per heavy atom. The molecule has 1 atom stereocenters. The van der Waals surface area contributed by atoms with Crippen molar-refractivity contribution in [2.75, 3.05) is 25.9 Å². The number of nitrogens with two attached hydrogens (primary N) is 1. The summed E-state index contributed by atoms with van der Waals surface area (Å²) in [7, 11) is 1.55. The third-order valence-corrected chi connectivity index (χ3v) is 5.93. The zero-order valence-corrected chi connectivity index (χ0v) is 19.9. The van der Waals surface area contributed by atoms with E-state index in [9.17, 15) is 4.79 Å². The van der Waals surface area contributed by atoms with Gasteiger partial charge >= 0.3 is 6.01 Å². The third-order valence-electron chi connectivity index (χ3n) is 5.93. The van der Waals surface area contributed by atoms with E-state index >= 15 is 4.39 Å². The van der Waals surface area contributed by atoms with E-state index in [1.165, 1.54) is 30.9 Å². The quantitative estimate of drug-likeness (QED) is 0.380. The van der Waals surface area contributed by atoms with Crippen LogP contribution in [0.3, 0.4) is 0 Å². The van der Waals surface area contributed by atoms with Crippen LogP contribution in [0.15, 0.2) is 67.2 Å². The van der Waals surface area contributed by atoms with Crippen molar-refractivity contribution in [3.63, 3.8) is 0 Å². The number of hydrogen-bond acceptors (Lipinski definition) is 8. The summed E-state index contributed by atoms with van der Waals surface area (Å²) >= 11 is 0. The molecule has 36 heavy (non-hydrogen) atoms. The number of rotatable bonds is 8. The summed E-state index contributed by atoms with van der Waals surface area (Å²) in [5.74, 6) is -0.0509. The Hall–Kier alpha value is -4.47. The van der Waals surface area contributed by atoms with Crippen LogP contribution in [-0.4, -0.2) is 56.6 Å². The molecular formula is C26H26FN7O2. The van der Waals surface area contributed by atoms with Crippen molar-refractivity contribution >= 4 is 23.0 Å². The molecule has 0 unspecified atom stereocenters. The molecule has 1 aliphatic heterocycles.